The van der Waals surface area contributed by atoms with Crippen LogP contribution in [0.5, 0.6) is 0 Å². The van der Waals surface area contributed by atoms with Gasteiger partial charge in [0.1, 0.15) is 22.3 Å². The molecule has 0 amide bonds. The third-order valence-electron chi connectivity index (χ3n) is 23.4. The highest BCUT2D eigenvalue weighted by atomic mass is 16.3. The first kappa shape index (κ1) is 65.4. The summed E-state index contributed by atoms with van der Waals surface area (Å²) in [7, 11) is 0. The molecular weight excluding hydrogens is 1400 g/mol. The molecule has 0 aliphatic heterocycles. The molecule has 0 N–H and O–H groups in total. The second-order valence-corrected chi connectivity index (χ2v) is 29.9. The monoisotopic (exact) mass is 1470 g/mol. The molecular formula is C108H69N5O2. The number of anilines is 6. The van der Waals surface area contributed by atoms with E-state index >= 15 is 0 Å². The van der Waals surface area contributed by atoms with E-state index in [1.54, 1.807) is 0 Å². The van der Waals surface area contributed by atoms with Gasteiger partial charge >= 0.3 is 0 Å². The molecule has 5 heterocycles. The highest BCUT2D eigenvalue weighted by Gasteiger charge is 2.24. The summed E-state index contributed by atoms with van der Waals surface area (Å²) >= 11 is 0. The highest BCUT2D eigenvalue weighted by Crippen LogP contribution is 2.47. The number of hydrogen-bond acceptors (Lipinski definition) is 4. The van der Waals surface area contributed by atoms with E-state index in [0.29, 0.717) is 0 Å². The fourth-order valence-corrected chi connectivity index (χ4v) is 18.2. The minimum Gasteiger partial charge on any atom is -0.456 e. The summed E-state index contributed by atoms with van der Waals surface area (Å²) < 4.78 is 20.7. The van der Waals surface area contributed by atoms with E-state index in [0.717, 1.165) is 111 Å². The van der Waals surface area contributed by atoms with Crippen LogP contribution in [0, 0.1) is 0 Å². The molecule has 7 nitrogen and oxygen atoms in total. The molecule has 0 aliphatic rings. The molecule has 0 saturated heterocycles. The molecule has 5 aromatic heterocycles. The summed E-state index contributed by atoms with van der Waals surface area (Å²) in [5.74, 6) is 0. The molecule has 0 bridgehead atoms. The van der Waals surface area contributed by atoms with Gasteiger partial charge in [-0.25, -0.2) is 0 Å². The van der Waals surface area contributed by atoms with Crippen molar-refractivity contribution in [2.45, 2.75) is 0 Å². The van der Waals surface area contributed by atoms with Crippen LogP contribution in [0.25, 0.3) is 181 Å². The van der Waals surface area contributed by atoms with Crippen LogP contribution in [-0.4, -0.2) is 13.7 Å². The summed E-state index contributed by atoms with van der Waals surface area (Å²) in [6.07, 6.45) is 0. The van der Waals surface area contributed by atoms with Gasteiger partial charge in [0.2, 0.25) is 0 Å². The van der Waals surface area contributed by atoms with Gasteiger partial charge in [0, 0.05) is 117 Å². The van der Waals surface area contributed by atoms with E-state index in [9.17, 15) is 0 Å². The van der Waals surface area contributed by atoms with Crippen molar-refractivity contribution in [2.24, 2.45) is 0 Å². The number of fused-ring (bicyclic) bond motifs is 19. The van der Waals surface area contributed by atoms with E-state index in [4.69, 9.17) is 8.83 Å². The predicted octanol–water partition coefficient (Wildman–Crippen LogP) is 30.2. The maximum Gasteiger partial charge on any atom is 0.137 e. The van der Waals surface area contributed by atoms with Crippen molar-refractivity contribution in [3.8, 4) is 39.3 Å². The topological polar surface area (TPSA) is 47.6 Å². The summed E-state index contributed by atoms with van der Waals surface area (Å²) in [5, 5.41) is 19.0. The van der Waals surface area contributed by atoms with Crippen LogP contribution in [0.15, 0.2) is 427 Å². The fraction of sp³-hybridized carbons (Fsp3) is 0. The number of nitrogens with zero attached hydrogens (tertiary/aromatic N) is 5. The maximum atomic E-state index is 6.82. The first-order valence-electron chi connectivity index (χ1n) is 39.3. The van der Waals surface area contributed by atoms with Crippen LogP contribution in [0.2, 0.25) is 0 Å². The second kappa shape index (κ2) is 26.7. The molecule has 0 fully saturated rings. The number of rotatable bonds is 11. The Morgan fingerprint density at radius 2 is 0.496 bits per heavy atom. The van der Waals surface area contributed by atoms with Crippen molar-refractivity contribution < 1.29 is 8.83 Å². The van der Waals surface area contributed by atoms with Crippen molar-refractivity contribution in [2.75, 3.05) is 9.80 Å². The Labute approximate surface area is 661 Å². The molecule has 0 unspecified atom stereocenters. The molecule has 0 radical (unpaired) electrons. The van der Waals surface area contributed by atoms with Gasteiger partial charge in [-0.2, -0.15) is 0 Å². The van der Waals surface area contributed by atoms with Crippen LogP contribution in [-0.2, 0) is 0 Å². The van der Waals surface area contributed by atoms with Crippen LogP contribution >= 0.6 is 0 Å². The average Bonchev–Trinajstić information content (AvgIpc) is 1.66. The molecule has 24 rings (SSSR count). The van der Waals surface area contributed by atoms with Gasteiger partial charge in [0.25, 0.3) is 0 Å². The molecule has 0 saturated carbocycles. The molecule has 115 heavy (non-hydrogen) atoms. The van der Waals surface area contributed by atoms with Crippen LogP contribution in [0.1, 0.15) is 0 Å². The average molecular weight is 1470 g/mol. The fourth-order valence-electron chi connectivity index (χ4n) is 18.2. The Morgan fingerprint density at radius 3 is 0.957 bits per heavy atom. The highest BCUT2D eigenvalue weighted by molar-refractivity contribution is 6.19. The maximum absolute atomic E-state index is 6.82. The van der Waals surface area contributed by atoms with Crippen molar-refractivity contribution in [3.63, 3.8) is 0 Å². The van der Waals surface area contributed by atoms with E-state index in [1.807, 2.05) is 0 Å². The molecule has 7 heteroatoms. The van der Waals surface area contributed by atoms with Crippen molar-refractivity contribution in [3.05, 3.63) is 419 Å². The number of hydrogen-bond donors (Lipinski definition) is 0. The first-order chi connectivity index (χ1) is 57.0. The lowest BCUT2D eigenvalue weighted by molar-refractivity contribution is 0.668. The molecule has 0 aliphatic carbocycles. The van der Waals surface area contributed by atoms with E-state index in [1.165, 1.54) is 104 Å². The molecule has 538 valence electrons. The Kier molecular flexibility index (Phi) is 15.2. The van der Waals surface area contributed by atoms with Crippen LogP contribution in [0.3, 0.4) is 0 Å². The summed E-state index contributed by atoms with van der Waals surface area (Å²) in [6.45, 7) is 0. The van der Waals surface area contributed by atoms with Crippen LogP contribution < -0.4 is 9.80 Å². The third kappa shape index (κ3) is 10.9. The van der Waals surface area contributed by atoms with E-state index in [2.05, 4.69) is 442 Å². The normalized spacial score (nSPS) is 11.8. The van der Waals surface area contributed by atoms with Crippen molar-refractivity contribution in [1.29, 1.82) is 0 Å². The minimum atomic E-state index is 0.830. The lowest BCUT2D eigenvalue weighted by atomic mass is 9.92. The SMILES string of the molecule is c1ccc(-n2c3ccccc3c3cc(-c4ccc(-c5cc6ccccc6c6ccccc56)cc4)ccc32)cc1.c1ccc(N(c2ccc3c(c2)oc2cc4cc5c(cc4cc23)oc2cc(N(c3ccccc3)c3ccc4c(c3)c3ccccc3n4-c3ccccc3)ccc25)c2ccc3c(c2)c2ccccc2n3-c2ccccc2)cc1. The zero-order chi connectivity index (χ0) is 75.6. The molecule has 0 atom stereocenters. The van der Waals surface area contributed by atoms with Gasteiger partial charge in [0.05, 0.1) is 33.1 Å². The van der Waals surface area contributed by atoms with Crippen molar-refractivity contribution in [1.82, 2.24) is 13.7 Å². The zero-order valence-electron chi connectivity index (χ0n) is 62.4. The number of furan rings is 2. The Morgan fingerprint density at radius 1 is 0.165 bits per heavy atom. The smallest absolute Gasteiger partial charge is 0.137 e. The lowest BCUT2D eigenvalue weighted by Crippen LogP contribution is -2.09. The van der Waals surface area contributed by atoms with Gasteiger partial charge in [-0.15, -0.1) is 0 Å². The Bertz CT molecular complexity index is 7640. The Balaban J connectivity index is 0.000000168. The Hall–Kier alpha value is -15.4. The van der Waals surface area contributed by atoms with Gasteiger partial charge in [-0.1, -0.05) is 224 Å². The molecule has 19 aromatic carbocycles. The third-order valence-corrected chi connectivity index (χ3v) is 23.4. The largest absolute Gasteiger partial charge is 0.456 e. The van der Waals surface area contributed by atoms with Crippen molar-refractivity contribution >= 4 is 176 Å². The van der Waals surface area contributed by atoms with Gasteiger partial charge in [-0.05, 0) is 237 Å². The molecule has 0 spiro atoms. The lowest BCUT2D eigenvalue weighted by Gasteiger charge is -2.25. The van der Waals surface area contributed by atoms with Crippen LogP contribution in [0.4, 0.5) is 34.1 Å². The number of benzene rings is 19. The zero-order valence-corrected chi connectivity index (χ0v) is 62.4. The summed E-state index contributed by atoms with van der Waals surface area (Å²) in [5.41, 5.74) is 25.2. The van der Waals surface area contributed by atoms with Gasteiger partial charge in [-0.3, -0.25) is 0 Å². The van der Waals surface area contributed by atoms with E-state index < -0.39 is 0 Å². The second-order valence-electron chi connectivity index (χ2n) is 29.9. The summed E-state index contributed by atoms with van der Waals surface area (Å²) in [4.78, 5) is 4.65. The standard InChI is InChI=1S/C70H44N4O2.C38H25N/c1-5-17-47(18-6-1)71(51-31-35-65-59(41-51)55-25-13-15-27-63(55)73(65)49-21-9-3-10-22-49)53-29-33-57-61-37-45-40-68-62(38-46(45)39-67(61)75-69(57)43-53)58-34-30-54(44-70(58)76-68)72(48-19-7-2-8-20-48)52-32-36-66-60(42-52)56-26-14-16-28-64(56)74(66)50-23-11-4-12-24-50;1-2-11-30(12-3-1)39-37-17-9-8-16-34(37)36-24-28(22-23-38(36)39)26-18-20-27(21-19-26)35-25-29-10-4-5-13-31(29)32-14-6-7-15-33(32)35/h1-44H;1-25H. The number of aromatic nitrogens is 3. The molecule has 24 aromatic rings. The summed E-state index contributed by atoms with van der Waals surface area (Å²) in [6, 6.07) is 150. The first-order valence-corrected chi connectivity index (χ1v) is 39.3. The quantitative estimate of drug-likeness (QED) is 0.121. The predicted molar refractivity (Wildman–Crippen MR) is 483 cm³/mol. The minimum absolute atomic E-state index is 0.830. The van der Waals surface area contributed by atoms with Gasteiger partial charge in [0.15, 0.2) is 0 Å². The van der Waals surface area contributed by atoms with Gasteiger partial charge < -0.3 is 32.3 Å². The van der Waals surface area contributed by atoms with E-state index in [-0.39, 0.29) is 0 Å². The number of para-hydroxylation sites is 8.